The van der Waals surface area contributed by atoms with Crippen molar-refractivity contribution in [2.24, 2.45) is 0 Å². The minimum atomic E-state index is 0. The first-order valence-electron chi connectivity index (χ1n) is 10.5. The van der Waals surface area contributed by atoms with E-state index in [9.17, 15) is 0 Å². The predicted molar refractivity (Wildman–Crippen MR) is 120 cm³/mol. The Kier molecular flexibility index (Phi) is 7.10. The number of halogens is 1. The number of aromatic nitrogens is 4. The van der Waals surface area contributed by atoms with Gasteiger partial charge in [-0.1, -0.05) is 44.9 Å². The van der Waals surface area contributed by atoms with E-state index >= 15 is 0 Å². The lowest BCUT2D eigenvalue weighted by Gasteiger charge is -2.00. The molecule has 152 valence electrons. The van der Waals surface area contributed by atoms with Gasteiger partial charge in [0.2, 0.25) is 12.7 Å². The van der Waals surface area contributed by atoms with Crippen molar-refractivity contribution in [3.05, 3.63) is 73.6 Å². The van der Waals surface area contributed by atoms with E-state index in [2.05, 4.69) is 106 Å². The van der Waals surface area contributed by atoms with Crippen LogP contribution in [0.5, 0.6) is 0 Å². The van der Waals surface area contributed by atoms with Gasteiger partial charge in [-0.25, -0.2) is 13.7 Å². The average Bonchev–Trinajstić information content (AvgIpc) is 3.36. The van der Waals surface area contributed by atoms with E-state index in [0.29, 0.717) is 0 Å². The average molecular weight is 411 g/mol. The van der Waals surface area contributed by atoms with Gasteiger partial charge in [0, 0.05) is 6.07 Å². The Balaban J connectivity index is 0.00000240. The monoisotopic (exact) mass is 410 g/mol. The van der Waals surface area contributed by atoms with Crippen molar-refractivity contribution in [2.75, 3.05) is 0 Å². The molecule has 0 amide bonds. The largest absolute Gasteiger partial charge is 0.249 e. The minimum absolute atomic E-state index is 0. The Morgan fingerprint density at radius 3 is 2.41 bits per heavy atom. The van der Waals surface area contributed by atoms with E-state index in [1.165, 1.54) is 48.1 Å². The number of unbranched alkanes of at least 4 members (excludes halogenated alkanes) is 2. The first-order valence-corrected chi connectivity index (χ1v) is 10.5. The Bertz CT molecular complexity index is 1060. The molecule has 0 N–H and O–H groups in total. The molecule has 0 saturated carbocycles. The second-order valence-electron chi connectivity index (χ2n) is 7.45. The summed E-state index contributed by atoms with van der Waals surface area (Å²) in [6, 6.07) is 17.4. The number of imidazole rings is 2. The Morgan fingerprint density at radius 1 is 0.828 bits per heavy atom. The van der Waals surface area contributed by atoms with E-state index in [-0.39, 0.29) is 12.4 Å². The summed E-state index contributed by atoms with van der Waals surface area (Å²) in [4.78, 5) is 0. The lowest BCUT2D eigenvalue weighted by molar-refractivity contribution is -0.696. The number of rotatable bonds is 8. The van der Waals surface area contributed by atoms with Crippen LogP contribution < -0.4 is 9.13 Å². The molecular formula is C24H31ClN4+2. The standard InChI is InChI=1S/C24H30N4.ClH/c1-3-5-14-25-16-17-26(19-25)21-10-9-11-22(18-21)28-20-27(15-6-4-2)23-12-7-8-13-24(23)28;/h7-13,16-20H,3-6,14-15H2,1-2H3;1H/q+2;. The maximum atomic E-state index is 2.37. The highest BCUT2D eigenvalue weighted by Gasteiger charge is 2.17. The zero-order valence-electron chi connectivity index (χ0n) is 17.4. The molecule has 4 rings (SSSR count). The minimum Gasteiger partial charge on any atom is -0.236 e. The highest BCUT2D eigenvalue weighted by Crippen LogP contribution is 2.19. The van der Waals surface area contributed by atoms with Gasteiger partial charge < -0.3 is 0 Å². The molecule has 0 spiro atoms. The van der Waals surface area contributed by atoms with Crippen LogP contribution in [0.3, 0.4) is 0 Å². The van der Waals surface area contributed by atoms with E-state index < -0.39 is 0 Å². The van der Waals surface area contributed by atoms with Gasteiger partial charge in [-0.15, -0.1) is 12.4 Å². The third-order valence-corrected chi connectivity index (χ3v) is 5.33. The van der Waals surface area contributed by atoms with Gasteiger partial charge >= 0.3 is 0 Å². The zero-order chi connectivity index (χ0) is 19.3. The molecule has 2 aromatic carbocycles. The van der Waals surface area contributed by atoms with Gasteiger partial charge in [0.15, 0.2) is 11.0 Å². The lowest BCUT2D eigenvalue weighted by atomic mass is 10.2. The zero-order valence-corrected chi connectivity index (χ0v) is 18.2. The molecule has 4 aromatic rings. The number of nitrogens with zero attached hydrogens (tertiary/aromatic N) is 4. The highest BCUT2D eigenvalue weighted by molar-refractivity contribution is 5.85. The van der Waals surface area contributed by atoms with Crippen LogP contribution >= 0.6 is 12.4 Å². The molecule has 0 atom stereocenters. The molecule has 0 bridgehead atoms. The van der Waals surface area contributed by atoms with Gasteiger partial charge in [-0.3, -0.25) is 0 Å². The van der Waals surface area contributed by atoms with Crippen molar-refractivity contribution in [3.63, 3.8) is 0 Å². The number of hydrogen-bond donors (Lipinski definition) is 0. The topological polar surface area (TPSA) is 17.6 Å². The molecular weight excluding hydrogens is 380 g/mol. The summed E-state index contributed by atoms with van der Waals surface area (Å²) in [6.07, 6.45) is 13.6. The van der Waals surface area contributed by atoms with Crippen molar-refractivity contribution in [2.45, 2.75) is 52.6 Å². The number of benzene rings is 2. The normalized spacial score (nSPS) is 11.0. The molecule has 4 nitrogen and oxygen atoms in total. The SMILES string of the molecule is CCCC[n+]1ccn(-c2cccc(-n3c[n+](CCCC)c4ccccc43)c2)c1.Cl. The molecule has 2 heterocycles. The number of aryl methyl sites for hydroxylation is 2. The second-order valence-corrected chi connectivity index (χ2v) is 7.45. The molecule has 0 aliphatic heterocycles. The fourth-order valence-electron chi connectivity index (χ4n) is 3.71. The molecule has 29 heavy (non-hydrogen) atoms. The fourth-order valence-corrected chi connectivity index (χ4v) is 3.71. The molecule has 0 radical (unpaired) electrons. The van der Waals surface area contributed by atoms with Gasteiger partial charge in [-0.05, 0) is 37.1 Å². The lowest BCUT2D eigenvalue weighted by Crippen LogP contribution is -2.31. The first-order chi connectivity index (χ1) is 13.8. The predicted octanol–water partition coefficient (Wildman–Crippen LogP) is 5.02. The molecule has 0 fully saturated rings. The maximum absolute atomic E-state index is 2.37. The number of hydrogen-bond acceptors (Lipinski definition) is 0. The highest BCUT2D eigenvalue weighted by atomic mass is 35.5. The summed E-state index contributed by atoms with van der Waals surface area (Å²) in [7, 11) is 0. The van der Waals surface area contributed by atoms with Crippen LogP contribution in [0.4, 0.5) is 0 Å². The van der Waals surface area contributed by atoms with Crippen LogP contribution in [-0.4, -0.2) is 9.13 Å². The van der Waals surface area contributed by atoms with Crippen LogP contribution in [0, 0.1) is 0 Å². The van der Waals surface area contributed by atoms with E-state index in [0.717, 1.165) is 13.1 Å². The Labute approximate surface area is 179 Å². The smallest absolute Gasteiger partial charge is 0.236 e. The van der Waals surface area contributed by atoms with Crippen LogP contribution in [0.25, 0.3) is 22.4 Å². The maximum Gasteiger partial charge on any atom is 0.249 e. The van der Waals surface area contributed by atoms with Crippen LogP contribution in [0.1, 0.15) is 39.5 Å². The van der Waals surface area contributed by atoms with E-state index in [1.54, 1.807) is 0 Å². The van der Waals surface area contributed by atoms with Crippen LogP contribution in [-0.2, 0) is 13.1 Å². The number of fused-ring (bicyclic) bond motifs is 1. The van der Waals surface area contributed by atoms with Gasteiger partial charge in [0.05, 0.1) is 13.1 Å². The van der Waals surface area contributed by atoms with Crippen molar-refractivity contribution in [3.8, 4) is 11.4 Å². The van der Waals surface area contributed by atoms with Crippen molar-refractivity contribution in [1.29, 1.82) is 0 Å². The molecule has 0 aliphatic rings. The summed E-state index contributed by atoms with van der Waals surface area (Å²) in [5.41, 5.74) is 4.92. The molecule has 5 heteroatoms. The quantitative estimate of drug-likeness (QED) is 0.363. The molecule has 0 saturated heterocycles. The van der Waals surface area contributed by atoms with Crippen molar-refractivity contribution >= 4 is 23.4 Å². The summed E-state index contributed by atoms with van der Waals surface area (Å²) in [5.74, 6) is 0. The molecule has 2 aromatic heterocycles. The summed E-state index contributed by atoms with van der Waals surface area (Å²) in [6.45, 7) is 6.60. The fraction of sp³-hybridized carbons (Fsp3) is 0.333. The molecule has 0 unspecified atom stereocenters. The summed E-state index contributed by atoms with van der Waals surface area (Å²) >= 11 is 0. The third-order valence-electron chi connectivity index (χ3n) is 5.33. The second kappa shape index (κ2) is 9.75. The number of para-hydroxylation sites is 2. The van der Waals surface area contributed by atoms with Crippen LogP contribution in [0.2, 0.25) is 0 Å². The molecule has 0 aliphatic carbocycles. The van der Waals surface area contributed by atoms with Gasteiger partial charge in [-0.2, -0.15) is 4.57 Å². The van der Waals surface area contributed by atoms with Crippen molar-refractivity contribution < 1.29 is 9.13 Å². The summed E-state index contributed by atoms with van der Waals surface area (Å²) < 4.78 is 9.15. The first kappa shape index (κ1) is 21.1. The Morgan fingerprint density at radius 2 is 1.59 bits per heavy atom. The van der Waals surface area contributed by atoms with E-state index in [1.807, 2.05) is 0 Å². The third kappa shape index (κ3) is 4.54. The summed E-state index contributed by atoms with van der Waals surface area (Å²) in [5, 5.41) is 0. The van der Waals surface area contributed by atoms with Crippen molar-refractivity contribution in [1.82, 2.24) is 9.13 Å². The Hall–Kier alpha value is -2.59. The van der Waals surface area contributed by atoms with Gasteiger partial charge in [0.1, 0.15) is 23.8 Å². The van der Waals surface area contributed by atoms with E-state index in [4.69, 9.17) is 0 Å². The van der Waals surface area contributed by atoms with Crippen LogP contribution in [0.15, 0.2) is 73.6 Å². The van der Waals surface area contributed by atoms with Gasteiger partial charge in [0.25, 0.3) is 0 Å².